The second kappa shape index (κ2) is 9.71. The van der Waals surface area contributed by atoms with Crippen molar-refractivity contribution in [2.45, 2.75) is 45.4 Å². The van der Waals surface area contributed by atoms with E-state index in [1.807, 2.05) is 16.5 Å². The molecule has 0 spiro atoms. The maximum atomic E-state index is 12.7. The Hall–Kier alpha value is -0.360. The first-order valence-electron chi connectivity index (χ1n) is 7.55. The molecule has 1 aliphatic heterocycles. The molecule has 1 saturated heterocycles. The van der Waals surface area contributed by atoms with E-state index in [0.717, 1.165) is 38.8 Å². The molecule has 0 aliphatic carbocycles. The SMILES string of the molecule is CCC(CC)(CN)C(=O)N1CCC(c2nccs2)CC1.Cl.Cl. The smallest absolute Gasteiger partial charge is 0.230 e. The number of nitrogens with zero attached hydrogens (tertiary/aromatic N) is 2. The average Bonchev–Trinajstić information content (AvgIpc) is 3.04. The molecule has 0 atom stereocenters. The highest BCUT2D eigenvalue weighted by molar-refractivity contribution is 7.09. The van der Waals surface area contributed by atoms with Crippen LogP contribution in [0.4, 0.5) is 0 Å². The summed E-state index contributed by atoms with van der Waals surface area (Å²) in [5.74, 6) is 0.775. The zero-order chi connectivity index (χ0) is 14.6. The van der Waals surface area contributed by atoms with Gasteiger partial charge < -0.3 is 10.6 Å². The van der Waals surface area contributed by atoms with Gasteiger partial charge in [0.15, 0.2) is 0 Å². The largest absolute Gasteiger partial charge is 0.342 e. The molecule has 22 heavy (non-hydrogen) atoms. The molecular formula is C15H27Cl2N3OS. The Morgan fingerprint density at radius 1 is 1.36 bits per heavy atom. The molecule has 2 heterocycles. The van der Waals surface area contributed by atoms with E-state index >= 15 is 0 Å². The van der Waals surface area contributed by atoms with Crippen molar-refractivity contribution in [2.24, 2.45) is 11.1 Å². The number of likely N-dealkylation sites (tertiary alicyclic amines) is 1. The lowest BCUT2D eigenvalue weighted by Gasteiger charge is -2.38. The first-order chi connectivity index (χ1) is 9.66. The average molecular weight is 368 g/mol. The summed E-state index contributed by atoms with van der Waals surface area (Å²) in [5.41, 5.74) is 5.53. The van der Waals surface area contributed by atoms with E-state index in [-0.39, 0.29) is 36.1 Å². The van der Waals surface area contributed by atoms with Crippen LogP contribution in [0.1, 0.15) is 50.5 Å². The number of nitrogens with two attached hydrogens (primary N) is 1. The van der Waals surface area contributed by atoms with E-state index in [1.54, 1.807) is 11.3 Å². The van der Waals surface area contributed by atoms with E-state index in [0.29, 0.717) is 12.5 Å². The van der Waals surface area contributed by atoms with Crippen LogP contribution in [0, 0.1) is 5.41 Å². The van der Waals surface area contributed by atoms with Crippen molar-refractivity contribution in [3.8, 4) is 0 Å². The fourth-order valence-electron chi connectivity index (χ4n) is 3.03. The standard InChI is InChI=1S/C15H25N3OS.2ClH/c1-3-15(4-2,11-16)14(19)18-8-5-12(6-9-18)13-17-7-10-20-13;;/h7,10,12H,3-6,8-9,11,16H2,1-2H3;2*1H. The van der Waals surface area contributed by atoms with Gasteiger partial charge in [-0.2, -0.15) is 0 Å². The zero-order valence-electron chi connectivity index (χ0n) is 13.3. The van der Waals surface area contributed by atoms with Crippen molar-refractivity contribution in [1.82, 2.24) is 9.88 Å². The number of hydrogen-bond donors (Lipinski definition) is 1. The van der Waals surface area contributed by atoms with Crippen LogP contribution >= 0.6 is 36.2 Å². The van der Waals surface area contributed by atoms with Gasteiger partial charge in [-0.15, -0.1) is 36.2 Å². The van der Waals surface area contributed by atoms with Gasteiger partial charge in [0.05, 0.1) is 10.4 Å². The summed E-state index contributed by atoms with van der Waals surface area (Å²) in [6.07, 6.45) is 5.56. The Kier molecular flexibility index (Phi) is 9.55. The highest BCUT2D eigenvalue weighted by Gasteiger charge is 2.38. The van der Waals surface area contributed by atoms with Crippen molar-refractivity contribution in [3.63, 3.8) is 0 Å². The molecule has 0 aromatic carbocycles. The van der Waals surface area contributed by atoms with Gasteiger partial charge in [-0.1, -0.05) is 13.8 Å². The predicted octanol–water partition coefficient (Wildman–Crippen LogP) is 3.46. The van der Waals surface area contributed by atoms with Gasteiger partial charge in [0.2, 0.25) is 5.91 Å². The summed E-state index contributed by atoms with van der Waals surface area (Å²) < 4.78 is 0. The summed E-state index contributed by atoms with van der Waals surface area (Å²) in [7, 11) is 0. The third kappa shape index (κ3) is 4.34. The molecule has 1 fully saturated rings. The van der Waals surface area contributed by atoms with E-state index < -0.39 is 0 Å². The third-order valence-corrected chi connectivity index (χ3v) is 5.72. The van der Waals surface area contributed by atoms with Crippen LogP contribution in [0.2, 0.25) is 0 Å². The molecule has 2 N–H and O–H groups in total. The number of carbonyl (C=O) groups is 1. The van der Waals surface area contributed by atoms with Gasteiger partial charge in [0.25, 0.3) is 0 Å². The van der Waals surface area contributed by atoms with Gasteiger partial charge in [-0.3, -0.25) is 4.79 Å². The van der Waals surface area contributed by atoms with E-state index in [4.69, 9.17) is 5.73 Å². The minimum atomic E-state index is -0.353. The molecule has 0 radical (unpaired) electrons. The van der Waals surface area contributed by atoms with Crippen LogP contribution in [-0.2, 0) is 4.79 Å². The van der Waals surface area contributed by atoms with Crippen molar-refractivity contribution in [1.29, 1.82) is 0 Å². The van der Waals surface area contributed by atoms with Crippen molar-refractivity contribution >= 4 is 42.1 Å². The van der Waals surface area contributed by atoms with E-state index in [9.17, 15) is 4.79 Å². The molecule has 0 unspecified atom stereocenters. The summed E-state index contributed by atoms with van der Waals surface area (Å²) in [4.78, 5) is 19.2. The summed E-state index contributed by atoms with van der Waals surface area (Å²) in [6, 6.07) is 0. The summed E-state index contributed by atoms with van der Waals surface area (Å²) in [6.45, 7) is 6.26. The lowest BCUT2D eigenvalue weighted by molar-refractivity contribution is -0.143. The minimum Gasteiger partial charge on any atom is -0.342 e. The molecule has 1 aliphatic rings. The Bertz CT molecular complexity index is 422. The Labute approximate surface area is 149 Å². The molecule has 1 aromatic rings. The number of aromatic nitrogens is 1. The van der Waals surface area contributed by atoms with Crippen LogP contribution in [0.5, 0.6) is 0 Å². The van der Waals surface area contributed by atoms with Crippen LogP contribution < -0.4 is 5.73 Å². The van der Waals surface area contributed by atoms with Crippen LogP contribution in [0.15, 0.2) is 11.6 Å². The number of amides is 1. The number of carbonyl (C=O) groups excluding carboxylic acids is 1. The Morgan fingerprint density at radius 2 is 1.95 bits per heavy atom. The second-order valence-corrected chi connectivity index (χ2v) is 6.55. The van der Waals surface area contributed by atoms with Gasteiger partial charge in [0.1, 0.15) is 0 Å². The monoisotopic (exact) mass is 367 g/mol. The first kappa shape index (κ1) is 21.6. The molecule has 0 saturated carbocycles. The normalized spacial score (nSPS) is 15.9. The lowest BCUT2D eigenvalue weighted by atomic mass is 9.80. The van der Waals surface area contributed by atoms with E-state index in [1.165, 1.54) is 5.01 Å². The second-order valence-electron chi connectivity index (χ2n) is 5.63. The third-order valence-electron chi connectivity index (χ3n) is 4.78. The van der Waals surface area contributed by atoms with Gasteiger partial charge in [-0.25, -0.2) is 4.98 Å². The molecule has 4 nitrogen and oxygen atoms in total. The van der Waals surface area contributed by atoms with Crippen molar-refractivity contribution in [3.05, 3.63) is 16.6 Å². The Morgan fingerprint density at radius 3 is 2.36 bits per heavy atom. The Balaban J connectivity index is 0.00000220. The first-order valence-corrected chi connectivity index (χ1v) is 8.43. The molecule has 0 bridgehead atoms. The van der Waals surface area contributed by atoms with Crippen LogP contribution in [-0.4, -0.2) is 35.4 Å². The molecule has 1 aromatic heterocycles. The molecular weight excluding hydrogens is 341 g/mol. The highest BCUT2D eigenvalue weighted by Crippen LogP contribution is 2.33. The van der Waals surface area contributed by atoms with Crippen molar-refractivity contribution < 1.29 is 4.79 Å². The molecule has 2 rings (SSSR count). The zero-order valence-corrected chi connectivity index (χ0v) is 15.7. The highest BCUT2D eigenvalue weighted by atomic mass is 35.5. The lowest BCUT2D eigenvalue weighted by Crippen LogP contribution is -2.49. The maximum Gasteiger partial charge on any atom is 0.230 e. The quantitative estimate of drug-likeness (QED) is 0.866. The van der Waals surface area contributed by atoms with E-state index in [2.05, 4.69) is 18.8 Å². The van der Waals surface area contributed by atoms with Gasteiger partial charge in [0, 0.05) is 37.1 Å². The molecule has 128 valence electrons. The number of piperidine rings is 1. The fourth-order valence-corrected chi connectivity index (χ4v) is 3.84. The topological polar surface area (TPSA) is 59.2 Å². The number of halogens is 2. The predicted molar refractivity (Wildman–Crippen MR) is 97.2 cm³/mol. The summed E-state index contributed by atoms with van der Waals surface area (Å²) in [5, 5.41) is 3.24. The molecule has 7 heteroatoms. The maximum absolute atomic E-state index is 12.7. The van der Waals surface area contributed by atoms with Crippen LogP contribution in [0.3, 0.4) is 0 Å². The van der Waals surface area contributed by atoms with Gasteiger partial charge in [-0.05, 0) is 25.7 Å². The van der Waals surface area contributed by atoms with Crippen molar-refractivity contribution in [2.75, 3.05) is 19.6 Å². The number of thiazole rings is 1. The van der Waals surface area contributed by atoms with Gasteiger partial charge >= 0.3 is 0 Å². The summed E-state index contributed by atoms with van der Waals surface area (Å²) >= 11 is 1.72. The van der Waals surface area contributed by atoms with Crippen LogP contribution in [0.25, 0.3) is 0 Å². The number of rotatable bonds is 5. The minimum absolute atomic E-state index is 0. The fraction of sp³-hybridized carbons (Fsp3) is 0.733. The number of hydrogen-bond acceptors (Lipinski definition) is 4. The molecule has 1 amide bonds.